The van der Waals surface area contributed by atoms with Crippen LogP contribution in [0.15, 0.2) is 11.6 Å². The fraction of sp³-hybridized carbons (Fsp3) is 0.429. The normalized spacial score (nSPS) is 11.0. The highest BCUT2D eigenvalue weighted by atomic mass is 79.9. The molecule has 62 valence electrons. The third kappa shape index (κ3) is 2.84. The zero-order chi connectivity index (χ0) is 8.85. The van der Waals surface area contributed by atoms with E-state index in [0.29, 0.717) is 0 Å². The number of halogens is 1. The molecule has 0 aliphatic rings. The van der Waals surface area contributed by atoms with Crippen LogP contribution in [-0.4, -0.2) is 24.2 Å². The summed E-state index contributed by atoms with van der Waals surface area (Å²) in [6.07, 6.45) is 1.44. The number of ether oxygens (including phenoxy) is 1. The van der Waals surface area contributed by atoms with Crippen molar-refractivity contribution in [2.24, 2.45) is 0 Å². The number of esters is 1. The van der Waals surface area contributed by atoms with E-state index in [1.807, 2.05) is 0 Å². The van der Waals surface area contributed by atoms with Crippen molar-refractivity contribution in [3.63, 3.8) is 0 Å². The fourth-order valence-electron chi connectivity index (χ4n) is 0.575. The molecule has 0 rings (SSSR count). The molecule has 4 heteroatoms. The number of carbonyl (C=O) groups excluding carboxylic acids is 2. The average molecular weight is 221 g/mol. The van der Waals surface area contributed by atoms with Gasteiger partial charge in [-0.1, -0.05) is 22.0 Å². The van der Waals surface area contributed by atoms with Gasteiger partial charge in [-0.15, -0.1) is 0 Å². The summed E-state index contributed by atoms with van der Waals surface area (Å²) in [5, 5.41) is 0.141. The molecule has 0 atom stereocenters. The van der Waals surface area contributed by atoms with Crippen molar-refractivity contribution in [3.05, 3.63) is 11.6 Å². The molecule has 0 aromatic heterocycles. The third-order valence-corrected chi connectivity index (χ3v) is 1.63. The Hall–Kier alpha value is -0.640. The van der Waals surface area contributed by atoms with E-state index in [1.54, 1.807) is 6.92 Å². The summed E-state index contributed by atoms with van der Waals surface area (Å²) in [5.41, 5.74) is 0.0874. The Labute approximate surface area is 73.5 Å². The molecule has 0 fully saturated rings. The highest BCUT2D eigenvalue weighted by Crippen LogP contribution is 2.01. The summed E-state index contributed by atoms with van der Waals surface area (Å²) in [6.45, 7) is 1.62. The molecule has 0 unspecified atom stereocenters. The lowest BCUT2D eigenvalue weighted by Crippen LogP contribution is -2.14. The van der Waals surface area contributed by atoms with Gasteiger partial charge in [-0.3, -0.25) is 4.79 Å². The van der Waals surface area contributed by atoms with Crippen LogP contribution in [0, 0.1) is 0 Å². The second-order valence-electron chi connectivity index (χ2n) is 1.75. The number of carbonyl (C=O) groups is 2. The van der Waals surface area contributed by atoms with Crippen LogP contribution in [0.1, 0.15) is 6.92 Å². The Balaban J connectivity index is 4.43. The van der Waals surface area contributed by atoms with Gasteiger partial charge in [0.25, 0.3) is 0 Å². The standard InChI is InChI=1S/C7H9BrO3/c1-3-5(6(9)4-8)7(10)11-2/h3H,4H2,1-2H3/b5-3-. The van der Waals surface area contributed by atoms with E-state index in [0.717, 1.165) is 0 Å². The summed E-state index contributed by atoms with van der Waals surface area (Å²) < 4.78 is 4.38. The van der Waals surface area contributed by atoms with Gasteiger partial charge in [-0.25, -0.2) is 4.79 Å². The van der Waals surface area contributed by atoms with Gasteiger partial charge in [0, 0.05) is 0 Å². The van der Waals surface area contributed by atoms with E-state index in [2.05, 4.69) is 20.7 Å². The molecule has 11 heavy (non-hydrogen) atoms. The first kappa shape index (κ1) is 10.4. The minimum absolute atomic E-state index is 0.0874. The van der Waals surface area contributed by atoms with E-state index in [9.17, 15) is 9.59 Å². The molecule has 0 spiro atoms. The molecular weight excluding hydrogens is 212 g/mol. The van der Waals surface area contributed by atoms with Gasteiger partial charge in [0.2, 0.25) is 0 Å². The van der Waals surface area contributed by atoms with Crippen LogP contribution in [0.25, 0.3) is 0 Å². The molecule has 0 radical (unpaired) electrons. The molecule has 0 N–H and O–H groups in total. The summed E-state index contributed by atoms with van der Waals surface area (Å²) >= 11 is 2.96. The molecule has 0 saturated carbocycles. The topological polar surface area (TPSA) is 43.4 Å². The van der Waals surface area contributed by atoms with Crippen molar-refractivity contribution in [1.29, 1.82) is 0 Å². The van der Waals surface area contributed by atoms with Crippen LogP contribution >= 0.6 is 15.9 Å². The number of alkyl halides is 1. The molecule has 0 saturated heterocycles. The highest BCUT2D eigenvalue weighted by molar-refractivity contribution is 9.09. The van der Waals surface area contributed by atoms with Crippen LogP contribution in [0.3, 0.4) is 0 Å². The number of rotatable bonds is 3. The van der Waals surface area contributed by atoms with Crippen molar-refractivity contribution in [1.82, 2.24) is 0 Å². The van der Waals surface area contributed by atoms with Crippen molar-refractivity contribution >= 4 is 27.7 Å². The minimum Gasteiger partial charge on any atom is -0.465 e. The number of methoxy groups -OCH3 is 1. The molecule has 0 bridgehead atoms. The number of Topliss-reactive ketones (excluding diaryl/α,β-unsaturated/α-hetero) is 1. The number of allylic oxidation sites excluding steroid dienone is 1. The van der Waals surface area contributed by atoms with Crippen molar-refractivity contribution in [2.45, 2.75) is 6.92 Å². The summed E-state index contributed by atoms with van der Waals surface area (Å²) in [4.78, 5) is 21.7. The van der Waals surface area contributed by atoms with Crippen LogP contribution in [0.4, 0.5) is 0 Å². The second-order valence-corrected chi connectivity index (χ2v) is 2.31. The number of hydrogen-bond donors (Lipinski definition) is 0. The zero-order valence-corrected chi connectivity index (χ0v) is 7.97. The van der Waals surface area contributed by atoms with Gasteiger partial charge in [0.15, 0.2) is 5.78 Å². The second kappa shape index (κ2) is 5.07. The molecule has 0 aromatic rings. The van der Waals surface area contributed by atoms with Crippen LogP contribution < -0.4 is 0 Å². The quantitative estimate of drug-likeness (QED) is 0.235. The van der Waals surface area contributed by atoms with Gasteiger partial charge >= 0.3 is 5.97 Å². The van der Waals surface area contributed by atoms with Crippen LogP contribution in [0.2, 0.25) is 0 Å². The predicted molar refractivity (Wildman–Crippen MR) is 44.6 cm³/mol. The van der Waals surface area contributed by atoms with E-state index in [1.165, 1.54) is 13.2 Å². The van der Waals surface area contributed by atoms with Gasteiger partial charge in [0.05, 0.1) is 18.0 Å². The van der Waals surface area contributed by atoms with Crippen molar-refractivity contribution < 1.29 is 14.3 Å². The van der Waals surface area contributed by atoms with Gasteiger partial charge in [-0.05, 0) is 6.92 Å². The average Bonchev–Trinajstić information content (AvgIpc) is 2.05. The Morgan fingerprint density at radius 3 is 2.36 bits per heavy atom. The van der Waals surface area contributed by atoms with Gasteiger partial charge in [0.1, 0.15) is 0 Å². The lowest BCUT2D eigenvalue weighted by Gasteiger charge is -1.99. The Kier molecular flexibility index (Phi) is 4.77. The smallest absolute Gasteiger partial charge is 0.341 e. The maximum atomic E-state index is 10.9. The van der Waals surface area contributed by atoms with Gasteiger partial charge < -0.3 is 4.74 Å². The van der Waals surface area contributed by atoms with Crippen LogP contribution in [-0.2, 0) is 14.3 Å². The van der Waals surface area contributed by atoms with E-state index in [-0.39, 0.29) is 16.7 Å². The Bertz CT molecular complexity index is 178. The summed E-state index contributed by atoms with van der Waals surface area (Å²) in [5.74, 6) is -0.851. The summed E-state index contributed by atoms with van der Waals surface area (Å²) in [7, 11) is 1.24. The summed E-state index contributed by atoms with van der Waals surface area (Å²) in [6, 6.07) is 0. The van der Waals surface area contributed by atoms with Crippen molar-refractivity contribution in [3.8, 4) is 0 Å². The van der Waals surface area contributed by atoms with Gasteiger partial charge in [-0.2, -0.15) is 0 Å². The molecule has 3 nitrogen and oxygen atoms in total. The number of hydrogen-bond acceptors (Lipinski definition) is 3. The Morgan fingerprint density at radius 1 is 1.55 bits per heavy atom. The van der Waals surface area contributed by atoms with E-state index < -0.39 is 5.97 Å². The maximum absolute atomic E-state index is 10.9. The maximum Gasteiger partial charge on any atom is 0.341 e. The molecule has 0 heterocycles. The van der Waals surface area contributed by atoms with Crippen LogP contribution in [0.5, 0.6) is 0 Å². The molecule has 0 aliphatic heterocycles. The zero-order valence-electron chi connectivity index (χ0n) is 6.39. The fourth-order valence-corrected chi connectivity index (χ4v) is 0.877. The largest absolute Gasteiger partial charge is 0.465 e. The lowest BCUT2D eigenvalue weighted by molar-refractivity contribution is -0.137. The minimum atomic E-state index is -0.586. The first-order valence-corrected chi connectivity index (χ1v) is 4.13. The monoisotopic (exact) mass is 220 g/mol. The first-order chi connectivity index (χ1) is 5.17. The third-order valence-electron chi connectivity index (χ3n) is 1.12. The molecule has 0 aromatic carbocycles. The first-order valence-electron chi connectivity index (χ1n) is 3.01. The van der Waals surface area contributed by atoms with E-state index in [4.69, 9.17) is 0 Å². The molecule has 0 amide bonds. The Morgan fingerprint density at radius 2 is 2.09 bits per heavy atom. The van der Waals surface area contributed by atoms with Crippen molar-refractivity contribution in [2.75, 3.05) is 12.4 Å². The lowest BCUT2D eigenvalue weighted by atomic mass is 10.2. The van der Waals surface area contributed by atoms with E-state index >= 15 is 0 Å². The SMILES string of the molecule is C/C=C(/C(=O)CBr)C(=O)OC. The molecule has 0 aliphatic carbocycles. The highest BCUT2D eigenvalue weighted by Gasteiger charge is 2.15. The molecular formula is C7H9BrO3. The predicted octanol–water partition coefficient (Wildman–Crippen LogP) is 1.07. The number of ketones is 1.